The minimum Gasteiger partial charge on any atom is -0.434 e. The van der Waals surface area contributed by atoms with Crippen LogP contribution in [0.3, 0.4) is 0 Å². The second-order valence-electron chi connectivity index (χ2n) is 4.20. The summed E-state index contributed by atoms with van der Waals surface area (Å²) in [5, 5.41) is 3.30. The first-order valence-corrected chi connectivity index (χ1v) is 7.23. The maximum absolute atomic E-state index is 12.5. The molecule has 20 heavy (non-hydrogen) atoms. The van der Waals surface area contributed by atoms with Crippen LogP contribution in [0.15, 0.2) is 36.0 Å². The summed E-state index contributed by atoms with van der Waals surface area (Å²) in [6, 6.07) is 6.82. The van der Waals surface area contributed by atoms with Crippen molar-refractivity contribution in [1.29, 1.82) is 0 Å². The molecule has 0 saturated carbocycles. The van der Waals surface area contributed by atoms with Gasteiger partial charge in [0.2, 0.25) is 0 Å². The standard InChI is InChI=1S/C14H16F2N2OS/c1-2-18-12(7-10-8-17-9-20-10)11-5-3-4-6-13(11)19-14(15)16/h3-6,8-9,12,14,18H,2,7H2,1H3. The molecule has 1 unspecified atom stereocenters. The van der Waals surface area contributed by atoms with Crippen molar-refractivity contribution in [2.45, 2.75) is 26.0 Å². The summed E-state index contributed by atoms with van der Waals surface area (Å²) in [4.78, 5) is 5.14. The summed E-state index contributed by atoms with van der Waals surface area (Å²) in [6.45, 7) is -0.0928. The van der Waals surface area contributed by atoms with Crippen molar-refractivity contribution in [2.24, 2.45) is 0 Å². The third-order valence-electron chi connectivity index (χ3n) is 2.85. The van der Waals surface area contributed by atoms with E-state index in [1.165, 1.54) is 0 Å². The van der Waals surface area contributed by atoms with Crippen LogP contribution in [0.5, 0.6) is 5.75 Å². The molecule has 1 heterocycles. The molecule has 108 valence electrons. The summed E-state index contributed by atoms with van der Waals surface area (Å²) < 4.78 is 29.6. The fraction of sp³-hybridized carbons (Fsp3) is 0.357. The third-order valence-corrected chi connectivity index (χ3v) is 3.65. The molecule has 0 aliphatic carbocycles. The number of hydrogen-bond donors (Lipinski definition) is 1. The lowest BCUT2D eigenvalue weighted by Gasteiger charge is -2.20. The topological polar surface area (TPSA) is 34.2 Å². The number of nitrogens with zero attached hydrogens (tertiary/aromatic N) is 1. The number of alkyl halides is 2. The number of thiazole rings is 1. The van der Waals surface area contributed by atoms with Crippen LogP contribution in [0, 0.1) is 0 Å². The highest BCUT2D eigenvalue weighted by molar-refractivity contribution is 7.09. The van der Waals surface area contributed by atoms with Crippen LogP contribution >= 0.6 is 11.3 Å². The largest absolute Gasteiger partial charge is 0.434 e. The lowest BCUT2D eigenvalue weighted by molar-refractivity contribution is -0.0507. The van der Waals surface area contributed by atoms with E-state index in [0.29, 0.717) is 6.42 Å². The first kappa shape index (κ1) is 14.9. The number of benzene rings is 1. The van der Waals surface area contributed by atoms with Crippen molar-refractivity contribution < 1.29 is 13.5 Å². The number of hydrogen-bond acceptors (Lipinski definition) is 4. The highest BCUT2D eigenvalue weighted by Gasteiger charge is 2.18. The molecule has 0 fully saturated rings. The second-order valence-corrected chi connectivity index (χ2v) is 5.17. The van der Waals surface area contributed by atoms with E-state index in [-0.39, 0.29) is 11.8 Å². The third kappa shape index (κ3) is 3.98. The van der Waals surface area contributed by atoms with E-state index in [1.807, 2.05) is 19.1 Å². The Morgan fingerprint density at radius 1 is 1.35 bits per heavy atom. The Morgan fingerprint density at radius 3 is 2.80 bits per heavy atom. The van der Waals surface area contributed by atoms with E-state index in [0.717, 1.165) is 17.0 Å². The smallest absolute Gasteiger partial charge is 0.387 e. The molecule has 6 heteroatoms. The normalized spacial score (nSPS) is 12.6. The Kier molecular flexibility index (Phi) is 5.43. The van der Waals surface area contributed by atoms with E-state index in [9.17, 15) is 8.78 Å². The number of nitrogens with one attached hydrogen (secondary N) is 1. The molecule has 0 aliphatic rings. The number of rotatable bonds is 7. The molecular weight excluding hydrogens is 282 g/mol. The van der Waals surface area contributed by atoms with Crippen LogP contribution < -0.4 is 10.1 Å². The van der Waals surface area contributed by atoms with Crippen LogP contribution in [-0.4, -0.2) is 18.1 Å². The summed E-state index contributed by atoms with van der Waals surface area (Å²) in [6.07, 6.45) is 2.49. The average Bonchev–Trinajstić information content (AvgIpc) is 2.91. The van der Waals surface area contributed by atoms with Crippen LogP contribution in [0.4, 0.5) is 8.78 Å². The van der Waals surface area contributed by atoms with E-state index in [2.05, 4.69) is 15.0 Å². The molecule has 1 atom stereocenters. The fourth-order valence-electron chi connectivity index (χ4n) is 2.05. The molecule has 2 aromatic rings. The van der Waals surface area contributed by atoms with Crippen LogP contribution in [0.1, 0.15) is 23.4 Å². The maximum atomic E-state index is 12.5. The molecule has 0 radical (unpaired) electrons. The lowest BCUT2D eigenvalue weighted by Crippen LogP contribution is -2.23. The quantitative estimate of drug-likeness (QED) is 0.847. The molecule has 0 spiro atoms. The van der Waals surface area contributed by atoms with Crippen LogP contribution in [0.2, 0.25) is 0 Å². The minimum absolute atomic E-state index is 0.0737. The van der Waals surface area contributed by atoms with E-state index < -0.39 is 6.61 Å². The molecular formula is C14H16F2N2OS. The van der Waals surface area contributed by atoms with Crippen molar-refractivity contribution in [3.05, 3.63) is 46.4 Å². The van der Waals surface area contributed by atoms with Gasteiger partial charge in [-0.3, -0.25) is 4.98 Å². The zero-order valence-corrected chi connectivity index (χ0v) is 11.9. The number of likely N-dealkylation sites (N-methyl/N-ethyl adjacent to an activating group) is 1. The van der Waals surface area contributed by atoms with Gasteiger partial charge in [0.15, 0.2) is 0 Å². The van der Waals surface area contributed by atoms with Gasteiger partial charge >= 0.3 is 6.61 Å². The fourth-order valence-corrected chi connectivity index (χ4v) is 2.70. The Labute approximate surface area is 120 Å². The summed E-state index contributed by atoms with van der Waals surface area (Å²) in [5.41, 5.74) is 2.50. The average molecular weight is 298 g/mol. The molecule has 0 amide bonds. The molecule has 1 aromatic heterocycles. The number of halogens is 2. The summed E-state index contributed by atoms with van der Waals surface area (Å²) in [5.74, 6) is 0.220. The summed E-state index contributed by atoms with van der Waals surface area (Å²) >= 11 is 1.55. The van der Waals surface area contributed by atoms with Gasteiger partial charge in [-0.25, -0.2) is 0 Å². The summed E-state index contributed by atoms with van der Waals surface area (Å²) in [7, 11) is 0. The molecule has 0 aliphatic heterocycles. The van der Waals surface area contributed by atoms with Crippen molar-refractivity contribution in [3.63, 3.8) is 0 Å². The van der Waals surface area contributed by atoms with Gasteiger partial charge in [-0.15, -0.1) is 11.3 Å². The molecule has 3 nitrogen and oxygen atoms in total. The van der Waals surface area contributed by atoms with E-state index in [1.54, 1.807) is 35.2 Å². The van der Waals surface area contributed by atoms with E-state index in [4.69, 9.17) is 0 Å². The Balaban J connectivity index is 2.24. The van der Waals surface area contributed by atoms with Gasteiger partial charge in [-0.05, 0) is 12.6 Å². The first-order valence-electron chi connectivity index (χ1n) is 6.35. The van der Waals surface area contributed by atoms with Gasteiger partial charge in [-0.1, -0.05) is 25.1 Å². The van der Waals surface area contributed by atoms with Gasteiger partial charge in [-0.2, -0.15) is 8.78 Å². The predicted molar refractivity (Wildman–Crippen MR) is 75.3 cm³/mol. The number of para-hydroxylation sites is 1. The molecule has 0 bridgehead atoms. The Hall–Kier alpha value is -1.53. The maximum Gasteiger partial charge on any atom is 0.387 e. The van der Waals surface area contributed by atoms with E-state index >= 15 is 0 Å². The molecule has 1 N–H and O–H groups in total. The van der Waals surface area contributed by atoms with Crippen molar-refractivity contribution in [1.82, 2.24) is 10.3 Å². The predicted octanol–water partition coefficient (Wildman–Crippen LogP) is 3.64. The van der Waals surface area contributed by atoms with Gasteiger partial charge in [0, 0.05) is 29.1 Å². The van der Waals surface area contributed by atoms with Crippen molar-refractivity contribution >= 4 is 11.3 Å². The van der Waals surface area contributed by atoms with Crippen molar-refractivity contribution in [3.8, 4) is 5.75 Å². The van der Waals surface area contributed by atoms with Gasteiger partial charge in [0.1, 0.15) is 5.75 Å². The van der Waals surface area contributed by atoms with Crippen LogP contribution in [-0.2, 0) is 6.42 Å². The zero-order chi connectivity index (χ0) is 14.4. The highest BCUT2D eigenvalue weighted by atomic mass is 32.1. The van der Waals surface area contributed by atoms with Gasteiger partial charge < -0.3 is 10.1 Å². The zero-order valence-electron chi connectivity index (χ0n) is 11.1. The number of ether oxygens (including phenoxy) is 1. The lowest BCUT2D eigenvalue weighted by atomic mass is 10.0. The molecule has 0 saturated heterocycles. The van der Waals surface area contributed by atoms with Crippen molar-refractivity contribution in [2.75, 3.05) is 6.54 Å². The highest BCUT2D eigenvalue weighted by Crippen LogP contribution is 2.29. The van der Waals surface area contributed by atoms with Crippen LogP contribution in [0.25, 0.3) is 0 Å². The molecule has 1 aromatic carbocycles. The Morgan fingerprint density at radius 2 is 2.15 bits per heavy atom. The van der Waals surface area contributed by atoms with Gasteiger partial charge in [0.25, 0.3) is 0 Å². The monoisotopic (exact) mass is 298 g/mol. The first-order chi connectivity index (χ1) is 9.70. The molecule has 2 rings (SSSR count). The number of aromatic nitrogens is 1. The van der Waals surface area contributed by atoms with Gasteiger partial charge in [0.05, 0.1) is 5.51 Å². The SMILES string of the molecule is CCNC(Cc1cncs1)c1ccccc1OC(F)F. The second kappa shape index (κ2) is 7.31. The Bertz CT molecular complexity index is 520. The minimum atomic E-state index is -2.82.